The summed E-state index contributed by atoms with van der Waals surface area (Å²) in [5, 5.41) is 12.8. The monoisotopic (exact) mass is 394 g/mol. The number of aromatic amines is 1. The summed E-state index contributed by atoms with van der Waals surface area (Å²) < 4.78 is 40.4. The summed E-state index contributed by atoms with van der Waals surface area (Å²) in [6.07, 6.45) is 4.51. The van der Waals surface area contributed by atoms with E-state index in [0.29, 0.717) is 30.2 Å². The minimum Gasteiger partial charge on any atom is -0.369 e. The van der Waals surface area contributed by atoms with Crippen molar-refractivity contribution in [2.24, 2.45) is 0 Å². The van der Waals surface area contributed by atoms with Gasteiger partial charge in [0.15, 0.2) is 5.69 Å². The summed E-state index contributed by atoms with van der Waals surface area (Å²) in [5.74, 6) is 0.890. The van der Waals surface area contributed by atoms with Crippen molar-refractivity contribution in [3.05, 3.63) is 41.7 Å². The summed E-state index contributed by atoms with van der Waals surface area (Å²) in [4.78, 5) is 15.8. The summed E-state index contributed by atoms with van der Waals surface area (Å²) in [5.41, 5.74) is -0.498. The third kappa shape index (κ3) is 3.90. The SMILES string of the molecule is O=C(NC1CCC(NC2=CCCc3nc(C(F)(F)F)cn32)CC1)c1cc[nH]n1. The number of aromatic nitrogens is 4. The summed E-state index contributed by atoms with van der Waals surface area (Å²) in [6, 6.07) is 1.84. The van der Waals surface area contributed by atoms with Gasteiger partial charge in [-0.15, -0.1) is 0 Å². The zero-order chi connectivity index (χ0) is 19.7. The number of imidazole rings is 1. The highest BCUT2D eigenvalue weighted by Crippen LogP contribution is 2.31. The summed E-state index contributed by atoms with van der Waals surface area (Å²) >= 11 is 0. The largest absolute Gasteiger partial charge is 0.434 e. The van der Waals surface area contributed by atoms with E-state index in [9.17, 15) is 18.0 Å². The van der Waals surface area contributed by atoms with Gasteiger partial charge >= 0.3 is 6.18 Å². The molecule has 150 valence electrons. The molecule has 0 atom stereocenters. The predicted molar refractivity (Wildman–Crippen MR) is 95.1 cm³/mol. The maximum Gasteiger partial charge on any atom is 0.434 e. The molecule has 0 radical (unpaired) electrons. The van der Waals surface area contributed by atoms with Gasteiger partial charge in [0.05, 0.1) is 0 Å². The fourth-order valence-corrected chi connectivity index (χ4v) is 3.74. The zero-order valence-electron chi connectivity index (χ0n) is 15.1. The van der Waals surface area contributed by atoms with E-state index in [2.05, 4.69) is 25.8 Å². The van der Waals surface area contributed by atoms with Crippen molar-refractivity contribution in [3.8, 4) is 0 Å². The Morgan fingerprint density at radius 2 is 1.96 bits per heavy atom. The van der Waals surface area contributed by atoms with Crippen LogP contribution in [0.15, 0.2) is 24.5 Å². The lowest BCUT2D eigenvalue weighted by Gasteiger charge is -2.31. The Labute approximate surface area is 159 Å². The second-order valence-corrected chi connectivity index (χ2v) is 7.16. The van der Waals surface area contributed by atoms with Crippen LogP contribution in [-0.2, 0) is 12.6 Å². The van der Waals surface area contributed by atoms with Crippen LogP contribution in [-0.4, -0.2) is 37.7 Å². The van der Waals surface area contributed by atoms with Gasteiger partial charge in [-0.2, -0.15) is 18.3 Å². The number of aryl methyl sites for hydroxylation is 1. The second kappa shape index (κ2) is 7.33. The van der Waals surface area contributed by atoms with E-state index in [-0.39, 0.29) is 18.0 Å². The second-order valence-electron chi connectivity index (χ2n) is 7.16. The van der Waals surface area contributed by atoms with Gasteiger partial charge in [-0.05, 0) is 44.2 Å². The number of H-pyrrole nitrogens is 1. The molecule has 3 heterocycles. The van der Waals surface area contributed by atoms with Crippen molar-refractivity contribution < 1.29 is 18.0 Å². The molecular formula is C18H21F3N6O. The van der Waals surface area contributed by atoms with E-state index in [0.717, 1.165) is 31.9 Å². The molecule has 2 aromatic heterocycles. The van der Waals surface area contributed by atoms with Gasteiger partial charge in [0.2, 0.25) is 0 Å². The Hall–Kier alpha value is -2.78. The molecule has 0 spiro atoms. The smallest absolute Gasteiger partial charge is 0.369 e. The van der Waals surface area contributed by atoms with E-state index in [4.69, 9.17) is 0 Å². The molecule has 7 nitrogen and oxygen atoms in total. The van der Waals surface area contributed by atoms with Crippen molar-refractivity contribution in [2.45, 2.75) is 56.8 Å². The predicted octanol–water partition coefficient (Wildman–Crippen LogP) is 2.70. The zero-order valence-corrected chi connectivity index (χ0v) is 15.1. The molecule has 4 rings (SSSR count). The molecule has 0 saturated heterocycles. The molecule has 3 N–H and O–H groups in total. The van der Waals surface area contributed by atoms with Crippen LogP contribution < -0.4 is 10.6 Å². The number of halogens is 3. The standard InChI is InChI=1S/C18H21F3N6O/c19-18(20,21)14-10-27-15(2-1-3-16(27)25-14)23-11-4-6-12(7-5-11)24-17(28)13-8-9-22-26-13/h2,8-12,23H,1,3-7H2,(H,22,26)(H,24,28). The highest BCUT2D eigenvalue weighted by Gasteiger charge is 2.35. The number of nitrogens with one attached hydrogen (secondary N) is 3. The maximum absolute atomic E-state index is 13.0. The Kier molecular flexibility index (Phi) is 4.86. The van der Waals surface area contributed by atoms with E-state index in [1.807, 2.05) is 6.08 Å². The van der Waals surface area contributed by atoms with Crippen molar-refractivity contribution in [3.63, 3.8) is 0 Å². The van der Waals surface area contributed by atoms with Crippen LogP contribution in [0.4, 0.5) is 13.2 Å². The van der Waals surface area contributed by atoms with Crippen LogP contribution in [0.1, 0.15) is 54.1 Å². The molecule has 1 fully saturated rings. The number of amides is 1. The van der Waals surface area contributed by atoms with Gasteiger partial charge in [0.25, 0.3) is 5.91 Å². The van der Waals surface area contributed by atoms with Crippen molar-refractivity contribution in [1.29, 1.82) is 0 Å². The van der Waals surface area contributed by atoms with Gasteiger partial charge < -0.3 is 10.6 Å². The quantitative estimate of drug-likeness (QED) is 0.744. The van der Waals surface area contributed by atoms with Crippen LogP contribution >= 0.6 is 0 Å². The molecule has 2 aromatic rings. The number of fused-ring (bicyclic) bond motifs is 1. The van der Waals surface area contributed by atoms with E-state index < -0.39 is 11.9 Å². The average molecular weight is 394 g/mol. The van der Waals surface area contributed by atoms with E-state index in [1.54, 1.807) is 12.3 Å². The Morgan fingerprint density at radius 3 is 2.64 bits per heavy atom. The van der Waals surface area contributed by atoms with Crippen molar-refractivity contribution in [2.75, 3.05) is 0 Å². The molecule has 1 saturated carbocycles. The number of hydrogen-bond acceptors (Lipinski definition) is 4. The van der Waals surface area contributed by atoms with Gasteiger partial charge in [0, 0.05) is 30.9 Å². The number of allylic oxidation sites excluding steroid dienone is 1. The molecule has 0 unspecified atom stereocenters. The van der Waals surface area contributed by atoms with E-state index >= 15 is 0 Å². The van der Waals surface area contributed by atoms with Crippen LogP contribution in [0.5, 0.6) is 0 Å². The molecule has 1 amide bonds. The molecular weight excluding hydrogens is 373 g/mol. The first kappa shape index (κ1) is 18.6. The minimum atomic E-state index is -4.44. The highest BCUT2D eigenvalue weighted by atomic mass is 19.4. The van der Waals surface area contributed by atoms with E-state index in [1.165, 1.54) is 4.57 Å². The molecule has 10 heteroatoms. The van der Waals surface area contributed by atoms with Gasteiger partial charge in [-0.3, -0.25) is 14.5 Å². The lowest BCUT2D eigenvalue weighted by molar-refractivity contribution is -0.141. The summed E-state index contributed by atoms with van der Waals surface area (Å²) in [7, 11) is 0. The Morgan fingerprint density at radius 1 is 1.21 bits per heavy atom. The fraction of sp³-hybridized carbons (Fsp3) is 0.500. The normalized spacial score (nSPS) is 22.3. The first-order chi connectivity index (χ1) is 13.4. The molecule has 0 aromatic carbocycles. The third-order valence-corrected chi connectivity index (χ3v) is 5.18. The Bertz CT molecular complexity index is 863. The van der Waals surface area contributed by atoms with Gasteiger partial charge in [-0.25, -0.2) is 4.98 Å². The Balaban J connectivity index is 1.34. The van der Waals surface area contributed by atoms with Crippen LogP contribution in [0.2, 0.25) is 0 Å². The number of carbonyl (C=O) groups is 1. The third-order valence-electron chi connectivity index (χ3n) is 5.18. The van der Waals surface area contributed by atoms with Crippen LogP contribution in [0.25, 0.3) is 5.82 Å². The first-order valence-corrected chi connectivity index (χ1v) is 9.33. The fourth-order valence-electron chi connectivity index (χ4n) is 3.74. The molecule has 28 heavy (non-hydrogen) atoms. The lowest BCUT2D eigenvalue weighted by atomic mass is 9.91. The van der Waals surface area contributed by atoms with Crippen molar-refractivity contribution >= 4 is 11.7 Å². The van der Waals surface area contributed by atoms with Gasteiger partial charge in [-0.1, -0.05) is 0 Å². The number of hydrogen-bond donors (Lipinski definition) is 3. The van der Waals surface area contributed by atoms with Crippen LogP contribution in [0, 0.1) is 0 Å². The topological polar surface area (TPSA) is 87.6 Å². The molecule has 1 aliphatic heterocycles. The highest BCUT2D eigenvalue weighted by molar-refractivity contribution is 5.92. The van der Waals surface area contributed by atoms with Crippen molar-refractivity contribution in [1.82, 2.24) is 30.4 Å². The molecule has 0 bridgehead atoms. The number of rotatable bonds is 4. The number of carbonyl (C=O) groups excluding carboxylic acids is 1. The molecule has 2 aliphatic rings. The first-order valence-electron chi connectivity index (χ1n) is 9.33. The molecule has 1 aliphatic carbocycles. The lowest BCUT2D eigenvalue weighted by Crippen LogP contribution is -2.42. The maximum atomic E-state index is 13.0. The minimum absolute atomic E-state index is 0.0724. The van der Waals surface area contributed by atoms with Crippen LogP contribution in [0.3, 0.4) is 0 Å². The number of nitrogens with zero attached hydrogens (tertiary/aromatic N) is 3. The average Bonchev–Trinajstić information content (AvgIpc) is 3.33. The summed E-state index contributed by atoms with van der Waals surface area (Å²) in [6.45, 7) is 0. The van der Waals surface area contributed by atoms with Gasteiger partial charge in [0.1, 0.15) is 17.3 Å². The number of alkyl halides is 3.